The van der Waals surface area contributed by atoms with Crippen LogP contribution in [0.3, 0.4) is 0 Å². The summed E-state index contributed by atoms with van der Waals surface area (Å²) in [6.45, 7) is 3.25. The molecule has 1 aliphatic rings. The molecular formula is C13H15FN2O3. The number of amides is 1. The fourth-order valence-electron chi connectivity index (χ4n) is 1.92. The number of nitrogens with zero attached hydrogens (tertiary/aromatic N) is 1. The Morgan fingerprint density at radius 3 is 2.68 bits per heavy atom. The molecule has 0 radical (unpaired) electrons. The summed E-state index contributed by atoms with van der Waals surface area (Å²) in [4.78, 5) is 26.5. The molecule has 0 aliphatic heterocycles. The molecule has 6 heteroatoms. The Bertz CT molecular complexity index is 541. The van der Waals surface area contributed by atoms with Gasteiger partial charge in [0.25, 0.3) is 5.91 Å². The number of hydrogen-bond donors (Lipinski definition) is 2. The van der Waals surface area contributed by atoms with Crippen LogP contribution in [0.1, 0.15) is 46.2 Å². The van der Waals surface area contributed by atoms with Crippen molar-refractivity contribution in [3.8, 4) is 0 Å². The van der Waals surface area contributed by atoms with E-state index in [0.717, 1.165) is 18.9 Å². The van der Waals surface area contributed by atoms with Gasteiger partial charge in [-0.1, -0.05) is 0 Å². The molecule has 1 atom stereocenters. The third-order valence-electron chi connectivity index (χ3n) is 3.28. The predicted octanol–water partition coefficient (Wildman–Crippen LogP) is 1.76. The van der Waals surface area contributed by atoms with Gasteiger partial charge in [-0.2, -0.15) is 4.39 Å². The van der Waals surface area contributed by atoms with Crippen molar-refractivity contribution in [1.29, 1.82) is 0 Å². The van der Waals surface area contributed by atoms with Crippen molar-refractivity contribution >= 4 is 11.9 Å². The van der Waals surface area contributed by atoms with E-state index in [4.69, 9.17) is 5.11 Å². The van der Waals surface area contributed by atoms with Gasteiger partial charge in [-0.25, -0.2) is 9.78 Å². The van der Waals surface area contributed by atoms with E-state index in [1.807, 2.05) is 6.92 Å². The average molecular weight is 266 g/mol. The van der Waals surface area contributed by atoms with Crippen molar-refractivity contribution in [2.75, 3.05) is 0 Å². The lowest BCUT2D eigenvalue weighted by Gasteiger charge is -2.13. The molecule has 102 valence electrons. The zero-order chi connectivity index (χ0) is 14.2. The van der Waals surface area contributed by atoms with E-state index in [0.29, 0.717) is 5.92 Å². The Morgan fingerprint density at radius 2 is 2.16 bits per heavy atom. The van der Waals surface area contributed by atoms with Crippen LogP contribution in [0.4, 0.5) is 4.39 Å². The molecule has 1 amide bonds. The minimum absolute atomic E-state index is 0.0553. The summed E-state index contributed by atoms with van der Waals surface area (Å²) in [7, 11) is 0. The first-order valence-electron chi connectivity index (χ1n) is 6.11. The Kier molecular flexibility index (Phi) is 3.50. The van der Waals surface area contributed by atoms with Gasteiger partial charge in [-0.15, -0.1) is 0 Å². The van der Waals surface area contributed by atoms with Gasteiger partial charge in [-0.05, 0) is 38.7 Å². The van der Waals surface area contributed by atoms with E-state index < -0.39 is 17.8 Å². The molecule has 0 spiro atoms. The first-order chi connectivity index (χ1) is 8.90. The quantitative estimate of drug-likeness (QED) is 0.814. The first kappa shape index (κ1) is 13.5. The molecule has 1 aromatic heterocycles. The fourth-order valence-corrected chi connectivity index (χ4v) is 1.92. The second kappa shape index (κ2) is 4.95. The van der Waals surface area contributed by atoms with Crippen molar-refractivity contribution in [2.45, 2.75) is 32.7 Å². The van der Waals surface area contributed by atoms with E-state index in [2.05, 4.69) is 10.3 Å². The number of carboxylic acid groups (broad SMARTS) is 1. The first-order valence-corrected chi connectivity index (χ1v) is 6.11. The van der Waals surface area contributed by atoms with Gasteiger partial charge in [0.2, 0.25) is 5.95 Å². The number of carboxylic acids is 1. The molecule has 5 nitrogen and oxygen atoms in total. The Balaban J connectivity index is 2.28. The molecule has 1 fully saturated rings. The maximum absolute atomic E-state index is 13.4. The standard InChI is InChI=1S/C13H15FN2O3/c1-6-5-9(13(18)19)10(16-11(6)14)12(17)15-7(2)8-3-4-8/h5,7-8H,3-4H2,1-2H3,(H,15,17)(H,18,19). The molecule has 19 heavy (non-hydrogen) atoms. The second-order valence-corrected chi connectivity index (χ2v) is 4.90. The minimum atomic E-state index is -1.29. The highest BCUT2D eigenvalue weighted by Gasteiger charge is 2.30. The highest BCUT2D eigenvalue weighted by atomic mass is 19.1. The Morgan fingerprint density at radius 1 is 1.53 bits per heavy atom. The summed E-state index contributed by atoms with van der Waals surface area (Å²) in [5.74, 6) is -2.34. The normalized spacial score (nSPS) is 15.9. The maximum atomic E-state index is 13.4. The summed E-state index contributed by atoms with van der Waals surface area (Å²) in [5.41, 5.74) is -0.549. The summed E-state index contributed by atoms with van der Waals surface area (Å²) in [6, 6.07) is 1.07. The summed E-state index contributed by atoms with van der Waals surface area (Å²) in [6.07, 6.45) is 2.09. The Hall–Kier alpha value is -1.98. The smallest absolute Gasteiger partial charge is 0.338 e. The van der Waals surface area contributed by atoms with Gasteiger partial charge in [0, 0.05) is 11.6 Å². The monoisotopic (exact) mass is 266 g/mol. The van der Waals surface area contributed by atoms with E-state index in [1.165, 1.54) is 6.92 Å². The van der Waals surface area contributed by atoms with Crippen molar-refractivity contribution in [3.63, 3.8) is 0 Å². The molecule has 2 N–H and O–H groups in total. The van der Waals surface area contributed by atoms with Crippen molar-refractivity contribution in [3.05, 3.63) is 28.8 Å². The van der Waals surface area contributed by atoms with Gasteiger partial charge < -0.3 is 10.4 Å². The molecular weight excluding hydrogens is 251 g/mol. The number of rotatable bonds is 4. The third-order valence-corrected chi connectivity index (χ3v) is 3.28. The van der Waals surface area contributed by atoms with Crippen LogP contribution in [0, 0.1) is 18.8 Å². The van der Waals surface area contributed by atoms with E-state index in [1.54, 1.807) is 0 Å². The number of nitrogens with one attached hydrogen (secondary N) is 1. The molecule has 2 rings (SSSR count). The molecule has 1 heterocycles. The Labute approximate surface area is 109 Å². The molecule has 0 bridgehead atoms. The van der Waals surface area contributed by atoms with E-state index >= 15 is 0 Å². The average Bonchev–Trinajstić information content (AvgIpc) is 3.15. The minimum Gasteiger partial charge on any atom is -0.478 e. The third kappa shape index (κ3) is 2.89. The van der Waals surface area contributed by atoms with Crippen LogP contribution in [-0.2, 0) is 0 Å². The SMILES string of the molecule is Cc1cc(C(=O)O)c(C(=O)NC(C)C2CC2)nc1F. The van der Waals surface area contributed by atoms with E-state index in [-0.39, 0.29) is 22.9 Å². The van der Waals surface area contributed by atoms with Crippen LogP contribution in [0.15, 0.2) is 6.07 Å². The van der Waals surface area contributed by atoms with Crippen LogP contribution >= 0.6 is 0 Å². The number of halogens is 1. The molecule has 0 aromatic carbocycles. The predicted molar refractivity (Wildman–Crippen MR) is 65.5 cm³/mol. The highest BCUT2D eigenvalue weighted by molar-refractivity contribution is 6.03. The molecule has 1 aliphatic carbocycles. The van der Waals surface area contributed by atoms with Gasteiger partial charge in [0.1, 0.15) is 5.69 Å². The highest BCUT2D eigenvalue weighted by Crippen LogP contribution is 2.32. The number of aryl methyl sites for hydroxylation is 1. The molecule has 1 saturated carbocycles. The topological polar surface area (TPSA) is 79.3 Å². The number of aromatic carboxylic acids is 1. The van der Waals surface area contributed by atoms with Crippen LogP contribution in [-0.4, -0.2) is 28.0 Å². The van der Waals surface area contributed by atoms with Gasteiger partial charge in [-0.3, -0.25) is 4.79 Å². The maximum Gasteiger partial charge on any atom is 0.338 e. The summed E-state index contributed by atoms with van der Waals surface area (Å²) < 4.78 is 13.4. The van der Waals surface area contributed by atoms with Crippen molar-refractivity contribution in [1.82, 2.24) is 10.3 Å². The zero-order valence-corrected chi connectivity index (χ0v) is 10.7. The molecule has 1 unspecified atom stereocenters. The molecule has 1 aromatic rings. The van der Waals surface area contributed by atoms with Crippen molar-refractivity contribution in [2.24, 2.45) is 5.92 Å². The lowest BCUT2D eigenvalue weighted by Crippen LogP contribution is -2.35. The lowest BCUT2D eigenvalue weighted by molar-refractivity contribution is 0.0689. The number of pyridine rings is 1. The molecule has 0 saturated heterocycles. The number of hydrogen-bond acceptors (Lipinski definition) is 3. The summed E-state index contributed by atoms with van der Waals surface area (Å²) in [5, 5.41) is 11.7. The van der Waals surface area contributed by atoms with Crippen LogP contribution in [0.2, 0.25) is 0 Å². The van der Waals surface area contributed by atoms with E-state index in [9.17, 15) is 14.0 Å². The van der Waals surface area contributed by atoms with Crippen LogP contribution in [0.25, 0.3) is 0 Å². The number of carbonyl (C=O) groups is 2. The van der Waals surface area contributed by atoms with Gasteiger partial charge >= 0.3 is 5.97 Å². The second-order valence-electron chi connectivity index (χ2n) is 4.90. The van der Waals surface area contributed by atoms with Gasteiger partial charge in [0.15, 0.2) is 0 Å². The largest absolute Gasteiger partial charge is 0.478 e. The fraction of sp³-hybridized carbons (Fsp3) is 0.462. The van der Waals surface area contributed by atoms with Gasteiger partial charge in [0.05, 0.1) is 5.56 Å². The summed E-state index contributed by atoms with van der Waals surface area (Å²) >= 11 is 0. The number of carbonyl (C=O) groups excluding carboxylic acids is 1. The number of aromatic nitrogens is 1. The zero-order valence-electron chi connectivity index (χ0n) is 10.7. The van der Waals surface area contributed by atoms with Crippen LogP contribution in [0.5, 0.6) is 0 Å². The van der Waals surface area contributed by atoms with Crippen molar-refractivity contribution < 1.29 is 19.1 Å². The van der Waals surface area contributed by atoms with Crippen LogP contribution < -0.4 is 5.32 Å². The lowest BCUT2D eigenvalue weighted by atomic mass is 10.1.